The number of aliphatic hydroxyl groups is 1. The van der Waals surface area contributed by atoms with E-state index >= 15 is 0 Å². The zero-order valence-electron chi connectivity index (χ0n) is 11.6. The fraction of sp³-hybridized carbons (Fsp3) is 1.00. The Kier molecular flexibility index (Phi) is 4.48. The van der Waals surface area contributed by atoms with E-state index in [0.29, 0.717) is 12.5 Å². The third kappa shape index (κ3) is 2.85. The van der Waals surface area contributed by atoms with Crippen LogP contribution < -0.4 is 0 Å². The van der Waals surface area contributed by atoms with E-state index in [-0.39, 0.29) is 5.54 Å². The third-order valence-corrected chi connectivity index (χ3v) is 5.18. The topological polar surface area (TPSA) is 23.5 Å². The lowest BCUT2D eigenvalue weighted by atomic mass is 9.78. The molecule has 0 aromatic heterocycles. The van der Waals surface area contributed by atoms with Crippen LogP contribution in [-0.4, -0.2) is 34.7 Å². The number of likely N-dealkylation sites (tertiary alicyclic amines) is 1. The van der Waals surface area contributed by atoms with Gasteiger partial charge in [-0.3, -0.25) is 4.90 Å². The lowest BCUT2D eigenvalue weighted by Crippen LogP contribution is -2.58. The minimum Gasteiger partial charge on any atom is -0.396 e. The van der Waals surface area contributed by atoms with Crippen molar-refractivity contribution in [2.45, 2.75) is 76.8 Å². The highest BCUT2D eigenvalue weighted by Gasteiger charge is 2.41. The molecule has 0 radical (unpaired) electrons. The molecule has 0 aromatic rings. The molecule has 2 nitrogen and oxygen atoms in total. The molecule has 0 amide bonds. The monoisotopic (exact) mass is 239 g/mol. The van der Waals surface area contributed by atoms with Gasteiger partial charge in [0.25, 0.3) is 0 Å². The van der Waals surface area contributed by atoms with E-state index in [0.717, 1.165) is 6.04 Å². The van der Waals surface area contributed by atoms with Crippen molar-refractivity contribution < 1.29 is 5.11 Å². The normalized spacial score (nSPS) is 32.3. The van der Waals surface area contributed by atoms with Crippen molar-refractivity contribution in [3.8, 4) is 0 Å². The summed E-state index contributed by atoms with van der Waals surface area (Å²) >= 11 is 0. The molecule has 100 valence electrons. The van der Waals surface area contributed by atoms with Crippen LogP contribution in [-0.2, 0) is 0 Å². The van der Waals surface area contributed by atoms with Crippen LogP contribution in [0, 0.1) is 5.92 Å². The lowest BCUT2D eigenvalue weighted by Gasteiger charge is -2.51. The maximum Gasteiger partial charge on any atom is 0.0476 e. The van der Waals surface area contributed by atoms with Crippen LogP contribution in [0.15, 0.2) is 0 Å². The predicted octanol–water partition coefficient (Wildman–Crippen LogP) is 3.19. The molecule has 17 heavy (non-hydrogen) atoms. The molecule has 1 saturated heterocycles. The summed E-state index contributed by atoms with van der Waals surface area (Å²) in [5, 5.41) is 9.57. The maximum atomic E-state index is 9.57. The van der Waals surface area contributed by atoms with Crippen molar-refractivity contribution in [2.24, 2.45) is 5.92 Å². The van der Waals surface area contributed by atoms with Gasteiger partial charge in [-0.1, -0.05) is 25.7 Å². The summed E-state index contributed by atoms with van der Waals surface area (Å²) in [5.74, 6) is 0.472. The van der Waals surface area contributed by atoms with Gasteiger partial charge in [-0.25, -0.2) is 0 Å². The van der Waals surface area contributed by atoms with E-state index in [2.05, 4.69) is 18.7 Å². The third-order valence-electron chi connectivity index (χ3n) is 5.18. The zero-order chi connectivity index (χ0) is 12.3. The first kappa shape index (κ1) is 13.4. The van der Waals surface area contributed by atoms with E-state index < -0.39 is 0 Å². The minimum atomic E-state index is 0.196. The van der Waals surface area contributed by atoms with Crippen molar-refractivity contribution in [1.29, 1.82) is 0 Å². The number of hydrogen-bond acceptors (Lipinski definition) is 2. The van der Waals surface area contributed by atoms with Crippen molar-refractivity contribution in [3.05, 3.63) is 0 Å². The molecule has 1 aliphatic heterocycles. The quantitative estimate of drug-likeness (QED) is 0.748. The van der Waals surface area contributed by atoms with Crippen molar-refractivity contribution in [3.63, 3.8) is 0 Å². The number of nitrogens with zero attached hydrogens (tertiary/aromatic N) is 1. The van der Waals surface area contributed by atoms with Crippen LogP contribution in [0.25, 0.3) is 0 Å². The predicted molar refractivity (Wildman–Crippen MR) is 72.1 cm³/mol. The second-order valence-electron chi connectivity index (χ2n) is 6.51. The molecular formula is C15H29NO. The second-order valence-corrected chi connectivity index (χ2v) is 6.51. The van der Waals surface area contributed by atoms with Crippen molar-refractivity contribution >= 4 is 0 Å². The van der Waals surface area contributed by atoms with E-state index in [9.17, 15) is 5.11 Å². The summed E-state index contributed by atoms with van der Waals surface area (Å²) in [4.78, 5) is 2.72. The van der Waals surface area contributed by atoms with Crippen molar-refractivity contribution in [1.82, 2.24) is 4.90 Å². The number of piperidine rings is 1. The zero-order valence-corrected chi connectivity index (χ0v) is 11.6. The first-order valence-electron chi connectivity index (χ1n) is 7.54. The standard InChI is InChI=1S/C15H29NO/c1-15(2)13(12-17)8-7-11-16(15)14-9-5-3-4-6-10-14/h13-14,17H,3-12H2,1-2H3. The molecule has 2 rings (SSSR count). The SMILES string of the molecule is CC1(C)C(CO)CCCN1C1CCCCCC1. The Morgan fingerprint density at radius 2 is 1.65 bits per heavy atom. The lowest BCUT2D eigenvalue weighted by molar-refractivity contribution is -0.0360. The van der Waals surface area contributed by atoms with E-state index in [4.69, 9.17) is 0 Å². The van der Waals surface area contributed by atoms with Gasteiger partial charge in [-0.15, -0.1) is 0 Å². The average Bonchev–Trinajstić information content (AvgIpc) is 2.57. The van der Waals surface area contributed by atoms with E-state index in [1.165, 1.54) is 57.9 Å². The smallest absolute Gasteiger partial charge is 0.0476 e. The number of aliphatic hydroxyl groups excluding tert-OH is 1. The fourth-order valence-electron chi connectivity index (χ4n) is 3.92. The Balaban J connectivity index is 2.06. The van der Waals surface area contributed by atoms with Gasteiger partial charge in [0, 0.05) is 18.2 Å². The van der Waals surface area contributed by atoms with E-state index in [1.54, 1.807) is 0 Å². The summed E-state index contributed by atoms with van der Waals surface area (Å²) < 4.78 is 0. The molecule has 1 saturated carbocycles. The molecule has 2 fully saturated rings. The van der Waals surface area contributed by atoms with Crippen molar-refractivity contribution in [2.75, 3.05) is 13.2 Å². The molecule has 1 aliphatic carbocycles. The average molecular weight is 239 g/mol. The summed E-state index contributed by atoms with van der Waals surface area (Å²) in [6.07, 6.45) is 10.9. The van der Waals surface area contributed by atoms with Crippen LogP contribution in [0.2, 0.25) is 0 Å². The first-order valence-corrected chi connectivity index (χ1v) is 7.54. The maximum absolute atomic E-state index is 9.57. The molecule has 0 spiro atoms. The minimum absolute atomic E-state index is 0.196. The van der Waals surface area contributed by atoms with E-state index in [1.807, 2.05) is 0 Å². The highest BCUT2D eigenvalue weighted by atomic mass is 16.3. The number of hydrogen-bond donors (Lipinski definition) is 1. The van der Waals surface area contributed by atoms with Crippen LogP contribution in [0.5, 0.6) is 0 Å². The van der Waals surface area contributed by atoms with Crippen LogP contribution in [0.1, 0.15) is 65.2 Å². The molecule has 0 aromatic carbocycles. The highest BCUT2D eigenvalue weighted by molar-refractivity contribution is 4.95. The Bertz CT molecular complexity index is 231. The van der Waals surface area contributed by atoms with Gasteiger partial charge in [0.05, 0.1) is 0 Å². The molecule has 1 atom stereocenters. The van der Waals surface area contributed by atoms with Crippen LogP contribution in [0.4, 0.5) is 0 Å². The molecule has 1 N–H and O–H groups in total. The molecular weight excluding hydrogens is 210 g/mol. The van der Waals surface area contributed by atoms with Gasteiger partial charge < -0.3 is 5.11 Å². The molecule has 0 bridgehead atoms. The Labute approximate surface area is 106 Å². The summed E-state index contributed by atoms with van der Waals surface area (Å²) in [6, 6.07) is 0.779. The van der Waals surface area contributed by atoms with Gasteiger partial charge >= 0.3 is 0 Å². The summed E-state index contributed by atoms with van der Waals surface area (Å²) in [7, 11) is 0. The van der Waals surface area contributed by atoms with Gasteiger partial charge in [-0.2, -0.15) is 0 Å². The fourth-order valence-corrected chi connectivity index (χ4v) is 3.92. The van der Waals surface area contributed by atoms with Gasteiger partial charge in [0.1, 0.15) is 0 Å². The molecule has 2 heteroatoms. The first-order chi connectivity index (χ1) is 8.16. The Morgan fingerprint density at radius 1 is 1.00 bits per heavy atom. The Morgan fingerprint density at radius 3 is 2.24 bits per heavy atom. The molecule has 2 aliphatic rings. The number of rotatable bonds is 2. The highest BCUT2D eigenvalue weighted by Crippen LogP contribution is 2.37. The van der Waals surface area contributed by atoms with Crippen LogP contribution in [0.3, 0.4) is 0 Å². The van der Waals surface area contributed by atoms with Gasteiger partial charge in [0.15, 0.2) is 0 Å². The second kappa shape index (κ2) is 5.71. The molecule has 1 unspecified atom stereocenters. The van der Waals surface area contributed by atoms with Crippen LogP contribution >= 0.6 is 0 Å². The largest absolute Gasteiger partial charge is 0.396 e. The van der Waals surface area contributed by atoms with Gasteiger partial charge in [-0.05, 0) is 52.0 Å². The Hall–Kier alpha value is -0.0800. The summed E-state index contributed by atoms with van der Waals surface area (Å²) in [6.45, 7) is 6.29. The molecule has 1 heterocycles. The van der Waals surface area contributed by atoms with Gasteiger partial charge in [0.2, 0.25) is 0 Å². The summed E-state index contributed by atoms with van der Waals surface area (Å²) in [5.41, 5.74) is 0.196.